The zero-order chi connectivity index (χ0) is 22.8. The van der Waals surface area contributed by atoms with Gasteiger partial charge in [-0.2, -0.15) is 0 Å². The van der Waals surface area contributed by atoms with Crippen molar-refractivity contribution in [1.82, 2.24) is 14.5 Å². The van der Waals surface area contributed by atoms with Crippen molar-refractivity contribution in [2.45, 2.75) is 41.2 Å². The summed E-state index contributed by atoms with van der Waals surface area (Å²) in [6.45, 7) is 13.9. The first-order valence-corrected chi connectivity index (χ1v) is 12.1. The number of thiophene rings is 1. The summed E-state index contributed by atoms with van der Waals surface area (Å²) < 4.78 is 1.89. The van der Waals surface area contributed by atoms with Gasteiger partial charge >= 0.3 is 0 Å². The van der Waals surface area contributed by atoms with Crippen molar-refractivity contribution in [3.05, 3.63) is 74.9 Å². The van der Waals surface area contributed by atoms with Crippen molar-refractivity contribution in [3.8, 4) is 22.5 Å². The number of rotatable bonds is 7. The lowest BCUT2D eigenvalue weighted by atomic mass is 10.0. The molecule has 0 radical (unpaired) electrons. The SMILES string of the molecule is CCN(CC)CCn1c(-c2cccc(C)c2)nc2sc(C)c(-c3ccc(C)cc3)c2c1=O. The van der Waals surface area contributed by atoms with Crippen LogP contribution in [-0.2, 0) is 6.54 Å². The third kappa shape index (κ3) is 4.27. The second-order valence-corrected chi connectivity index (χ2v) is 9.57. The average Bonchev–Trinajstić information content (AvgIpc) is 3.12. The Labute approximate surface area is 194 Å². The fourth-order valence-corrected chi connectivity index (χ4v) is 5.29. The molecule has 0 aliphatic carbocycles. The second kappa shape index (κ2) is 9.39. The zero-order valence-corrected chi connectivity index (χ0v) is 20.4. The molecule has 0 bridgehead atoms. The predicted octanol–water partition coefficient (Wildman–Crippen LogP) is 6.06. The van der Waals surface area contributed by atoms with Crippen LogP contribution in [0.5, 0.6) is 0 Å². The van der Waals surface area contributed by atoms with Crippen molar-refractivity contribution < 1.29 is 0 Å². The molecule has 0 N–H and O–H groups in total. The standard InChI is InChI=1S/C27H31N3OS/c1-6-29(7-2)15-16-30-25(22-10-8-9-19(4)17-22)28-26-24(27(30)31)23(20(5)32-26)21-13-11-18(3)12-14-21/h8-14,17H,6-7,15-16H2,1-5H3. The molecule has 0 spiro atoms. The van der Waals surface area contributed by atoms with E-state index < -0.39 is 0 Å². The Hall–Kier alpha value is -2.76. The maximum Gasteiger partial charge on any atom is 0.263 e. The molecule has 0 atom stereocenters. The van der Waals surface area contributed by atoms with E-state index in [1.807, 2.05) is 10.6 Å². The minimum atomic E-state index is 0.0542. The molecular weight excluding hydrogens is 414 g/mol. The molecular formula is C27H31N3OS. The summed E-state index contributed by atoms with van der Waals surface area (Å²) in [6, 6.07) is 16.7. The molecule has 4 aromatic rings. The van der Waals surface area contributed by atoms with Crippen molar-refractivity contribution in [1.29, 1.82) is 0 Å². The highest BCUT2D eigenvalue weighted by atomic mass is 32.1. The summed E-state index contributed by atoms with van der Waals surface area (Å²) in [5.41, 5.74) is 5.52. The van der Waals surface area contributed by atoms with E-state index in [1.54, 1.807) is 11.3 Å². The van der Waals surface area contributed by atoms with Gasteiger partial charge in [-0.1, -0.05) is 67.4 Å². The molecule has 0 aliphatic heterocycles. The number of likely N-dealkylation sites (N-methyl/N-ethyl adjacent to an activating group) is 1. The van der Waals surface area contributed by atoms with Gasteiger partial charge in [0.2, 0.25) is 0 Å². The van der Waals surface area contributed by atoms with Gasteiger partial charge in [0.15, 0.2) is 0 Å². The Morgan fingerprint density at radius 2 is 1.66 bits per heavy atom. The molecule has 2 heterocycles. The van der Waals surface area contributed by atoms with E-state index in [4.69, 9.17) is 4.98 Å². The molecule has 2 aromatic heterocycles. The Morgan fingerprint density at radius 3 is 2.31 bits per heavy atom. The molecule has 5 heteroatoms. The van der Waals surface area contributed by atoms with Crippen LogP contribution in [0, 0.1) is 20.8 Å². The Morgan fingerprint density at radius 1 is 0.938 bits per heavy atom. The topological polar surface area (TPSA) is 38.1 Å². The quantitative estimate of drug-likeness (QED) is 0.347. The second-order valence-electron chi connectivity index (χ2n) is 8.37. The van der Waals surface area contributed by atoms with Gasteiger partial charge in [-0.25, -0.2) is 4.98 Å². The van der Waals surface area contributed by atoms with Crippen LogP contribution in [0.2, 0.25) is 0 Å². The molecule has 0 amide bonds. The predicted molar refractivity (Wildman–Crippen MR) is 137 cm³/mol. The van der Waals surface area contributed by atoms with Crippen LogP contribution in [0.25, 0.3) is 32.7 Å². The van der Waals surface area contributed by atoms with Gasteiger partial charge in [0.25, 0.3) is 5.56 Å². The van der Waals surface area contributed by atoms with E-state index in [9.17, 15) is 4.79 Å². The van der Waals surface area contributed by atoms with Crippen LogP contribution in [-0.4, -0.2) is 34.1 Å². The van der Waals surface area contributed by atoms with Gasteiger partial charge in [0, 0.05) is 29.1 Å². The number of hydrogen-bond acceptors (Lipinski definition) is 4. The Bertz CT molecular complexity index is 1300. The summed E-state index contributed by atoms with van der Waals surface area (Å²) >= 11 is 1.61. The molecule has 0 unspecified atom stereocenters. The van der Waals surface area contributed by atoms with Gasteiger partial charge in [-0.15, -0.1) is 11.3 Å². The average molecular weight is 446 g/mol. The van der Waals surface area contributed by atoms with E-state index in [1.165, 1.54) is 5.56 Å². The van der Waals surface area contributed by atoms with Crippen molar-refractivity contribution >= 4 is 21.6 Å². The van der Waals surface area contributed by atoms with Crippen LogP contribution < -0.4 is 5.56 Å². The molecule has 2 aromatic carbocycles. The third-order valence-electron chi connectivity index (χ3n) is 6.14. The number of nitrogens with zero attached hydrogens (tertiary/aromatic N) is 3. The molecule has 166 valence electrons. The van der Waals surface area contributed by atoms with E-state index in [0.29, 0.717) is 6.54 Å². The summed E-state index contributed by atoms with van der Waals surface area (Å²) in [4.78, 5) is 23.3. The lowest BCUT2D eigenvalue weighted by Crippen LogP contribution is -2.32. The maximum atomic E-state index is 14.0. The van der Waals surface area contributed by atoms with Crippen LogP contribution in [0.3, 0.4) is 0 Å². The number of benzene rings is 2. The summed E-state index contributed by atoms with van der Waals surface area (Å²) in [5, 5.41) is 0.743. The van der Waals surface area contributed by atoms with Crippen LogP contribution in [0.15, 0.2) is 53.3 Å². The van der Waals surface area contributed by atoms with Gasteiger partial charge < -0.3 is 4.90 Å². The molecule has 32 heavy (non-hydrogen) atoms. The third-order valence-corrected chi connectivity index (χ3v) is 7.14. The number of aryl methyl sites for hydroxylation is 3. The normalized spacial score (nSPS) is 11.6. The van der Waals surface area contributed by atoms with Gasteiger partial charge in [-0.3, -0.25) is 9.36 Å². The fraction of sp³-hybridized carbons (Fsp3) is 0.333. The van der Waals surface area contributed by atoms with Gasteiger partial charge in [0.05, 0.1) is 5.39 Å². The van der Waals surface area contributed by atoms with Crippen molar-refractivity contribution in [2.24, 2.45) is 0 Å². The fourth-order valence-electron chi connectivity index (χ4n) is 4.26. The highest BCUT2D eigenvalue weighted by Crippen LogP contribution is 2.36. The number of aromatic nitrogens is 2. The molecule has 0 fully saturated rings. The van der Waals surface area contributed by atoms with E-state index >= 15 is 0 Å². The van der Waals surface area contributed by atoms with Crippen LogP contribution >= 0.6 is 11.3 Å². The molecule has 4 nitrogen and oxygen atoms in total. The van der Waals surface area contributed by atoms with Gasteiger partial charge in [-0.05, 0) is 45.5 Å². The van der Waals surface area contributed by atoms with E-state index in [2.05, 4.69) is 82.0 Å². The monoisotopic (exact) mass is 445 g/mol. The lowest BCUT2D eigenvalue weighted by molar-refractivity contribution is 0.289. The highest BCUT2D eigenvalue weighted by Gasteiger charge is 2.21. The Kier molecular flexibility index (Phi) is 6.58. The van der Waals surface area contributed by atoms with Crippen molar-refractivity contribution in [3.63, 3.8) is 0 Å². The van der Waals surface area contributed by atoms with E-state index in [0.717, 1.165) is 62.8 Å². The molecule has 0 saturated heterocycles. The molecule has 0 aliphatic rings. The number of fused-ring (bicyclic) bond motifs is 1. The number of hydrogen-bond donors (Lipinski definition) is 0. The zero-order valence-electron chi connectivity index (χ0n) is 19.6. The first kappa shape index (κ1) is 22.4. The smallest absolute Gasteiger partial charge is 0.263 e. The highest BCUT2D eigenvalue weighted by molar-refractivity contribution is 7.19. The first-order valence-electron chi connectivity index (χ1n) is 11.3. The van der Waals surface area contributed by atoms with Crippen molar-refractivity contribution in [2.75, 3.05) is 19.6 Å². The molecule has 0 saturated carbocycles. The summed E-state index contributed by atoms with van der Waals surface area (Å²) in [5.74, 6) is 0.759. The summed E-state index contributed by atoms with van der Waals surface area (Å²) in [7, 11) is 0. The van der Waals surface area contributed by atoms with Crippen LogP contribution in [0.4, 0.5) is 0 Å². The van der Waals surface area contributed by atoms with Gasteiger partial charge in [0.1, 0.15) is 10.7 Å². The molecule has 4 rings (SSSR count). The lowest BCUT2D eigenvalue weighted by Gasteiger charge is -2.20. The summed E-state index contributed by atoms with van der Waals surface area (Å²) in [6.07, 6.45) is 0. The van der Waals surface area contributed by atoms with Crippen LogP contribution in [0.1, 0.15) is 29.9 Å². The maximum absolute atomic E-state index is 14.0. The van der Waals surface area contributed by atoms with E-state index in [-0.39, 0.29) is 5.56 Å². The Balaban J connectivity index is 1.96. The largest absolute Gasteiger partial charge is 0.302 e. The minimum Gasteiger partial charge on any atom is -0.302 e. The minimum absolute atomic E-state index is 0.0542. The first-order chi connectivity index (χ1) is 15.4.